The molecule has 1 fully saturated rings. The highest BCUT2D eigenvalue weighted by Gasteiger charge is 2.36. The molecule has 0 saturated carbocycles. The van der Waals surface area contributed by atoms with E-state index in [9.17, 15) is 14.4 Å². The van der Waals surface area contributed by atoms with Gasteiger partial charge in [-0.1, -0.05) is 24.3 Å². The second-order valence-electron chi connectivity index (χ2n) is 6.33. The van der Waals surface area contributed by atoms with Crippen LogP contribution in [0.4, 0.5) is 5.69 Å². The van der Waals surface area contributed by atoms with Crippen LogP contribution in [0.3, 0.4) is 0 Å². The van der Waals surface area contributed by atoms with Gasteiger partial charge in [-0.2, -0.15) is 0 Å². The van der Waals surface area contributed by atoms with Gasteiger partial charge in [-0.3, -0.25) is 14.4 Å². The Morgan fingerprint density at radius 3 is 2.04 bits per heavy atom. The number of rotatable bonds is 3. The summed E-state index contributed by atoms with van der Waals surface area (Å²) in [6.45, 7) is 2.38. The number of imide groups is 1. The summed E-state index contributed by atoms with van der Waals surface area (Å²) in [4.78, 5) is 40.3. The summed E-state index contributed by atoms with van der Waals surface area (Å²) < 4.78 is 5.26. The number of amides is 3. The van der Waals surface area contributed by atoms with Gasteiger partial charge in [-0.05, 0) is 29.8 Å². The maximum atomic E-state index is 12.5. The van der Waals surface area contributed by atoms with Crippen molar-refractivity contribution < 1.29 is 19.1 Å². The van der Waals surface area contributed by atoms with Gasteiger partial charge < -0.3 is 9.64 Å². The molecule has 2 aliphatic rings. The van der Waals surface area contributed by atoms with Crippen LogP contribution in [-0.4, -0.2) is 48.9 Å². The number of ether oxygens (including phenoxy) is 1. The van der Waals surface area contributed by atoms with Crippen molar-refractivity contribution in [1.29, 1.82) is 0 Å². The molecule has 132 valence electrons. The molecule has 4 rings (SSSR count). The molecule has 0 radical (unpaired) electrons. The fourth-order valence-corrected chi connectivity index (χ4v) is 3.29. The highest BCUT2D eigenvalue weighted by atomic mass is 16.5. The van der Waals surface area contributed by atoms with E-state index in [1.54, 1.807) is 53.4 Å². The van der Waals surface area contributed by atoms with Gasteiger partial charge in [0.1, 0.15) is 0 Å². The molecule has 2 aromatic carbocycles. The average molecular weight is 350 g/mol. The number of benzene rings is 2. The zero-order valence-corrected chi connectivity index (χ0v) is 14.2. The van der Waals surface area contributed by atoms with E-state index in [1.807, 2.05) is 0 Å². The summed E-state index contributed by atoms with van der Waals surface area (Å²) in [5.41, 5.74) is 2.20. The Bertz CT molecular complexity index is 835. The lowest BCUT2D eigenvalue weighted by Gasteiger charge is -2.27. The molecule has 0 N–H and O–H groups in total. The van der Waals surface area contributed by atoms with Crippen LogP contribution < -0.4 is 4.90 Å². The molecule has 26 heavy (non-hydrogen) atoms. The Morgan fingerprint density at radius 1 is 0.885 bits per heavy atom. The molecular formula is C20H18N2O4. The minimum Gasteiger partial charge on any atom is -0.378 e. The number of morpholine rings is 1. The number of carbonyl (C=O) groups is 3. The molecule has 0 unspecified atom stereocenters. The van der Waals surface area contributed by atoms with Crippen molar-refractivity contribution in [2.24, 2.45) is 0 Å². The van der Waals surface area contributed by atoms with Gasteiger partial charge in [0.05, 0.1) is 36.4 Å². The first-order valence-electron chi connectivity index (χ1n) is 8.57. The Morgan fingerprint density at radius 2 is 1.46 bits per heavy atom. The lowest BCUT2D eigenvalue weighted by molar-refractivity contribution is -0.134. The average Bonchev–Trinajstić information content (AvgIpc) is 2.94. The molecule has 2 aromatic rings. The lowest BCUT2D eigenvalue weighted by Crippen LogP contribution is -2.41. The van der Waals surface area contributed by atoms with E-state index in [0.29, 0.717) is 49.5 Å². The molecule has 2 heterocycles. The first-order chi connectivity index (χ1) is 12.6. The maximum Gasteiger partial charge on any atom is 0.266 e. The van der Waals surface area contributed by atoms with Crippen molar-refractivity contribution in [3.05, 3.63) is 65.2 Å². The van der Waals surface area contributed by atoms with Crippen molar-refractivity contribution in [1.82, 2.24) is 4.90 Å². The minimum absolute atomic E-state index is 0.0572. The SMILES string of the molecule is O=C(Cc1ccc(N2C(=O)c3ccccc3C2=O)cc1)N1CCOCC1. The van der Waals surface area contributed by atoms with Crippen molar-refractivity contribution in [3.8, 4) is 0 Å². The lowest BCUT2D eigenvalue weighted by atomic mass is 10.1. The quantitative estimate of drug-likeness (QED) is 0.793. The number of anilines is 1. The Labute approximate surface area is 151 Å². The van der Waals surface area contributed by atoms with E-state index in [1.165, 1.54) is 4.90 Å². The van der Waals surface area contributed by atoms with E-state index in [2.05, 4.69) is 0 Å². The molecule has 0 aromatic heterocycles. The molecule has 0 aliphatic carbocycles. The van der Waals surface area contributed by atoms with Gasteiger partial charge >= 0.3 is 0 Å². The van der Waals surface area contributed by atoms with E-state index < -0.39 is 0 Å². The van der Waals surface area contributed by atoms with Crippen molar-refractivity contribution in [2.45, 2.75) is 6.42 Å². The molecular weight excluding hydrogens is 332 g/mol. The smallest absolute Gasteiger partial charge is 0.266 e. The molecule has 6 heteroatoms. The second-order valence-corrected chi connectivity index (χ2v) is 6.33. The Kier molecular flexibility index (Phi) is 4.26. The third-order valence-electron chi connectivity index (χ3n) is 4.71. The van der Waals surface area contributed by atoms with Crippen LogP contribution in [0, 0.1) is 0 Å². The molecule has 0 atom stereocenters. The molecule has 0 bridgehead atoms. The van der Waals surface area contributed by atoms with Gasteiger partial charge in [-0.15, -0.1) is 0 Å². The molecule has 2 aliphatic heterocycles. The van der Waals surface area contributed by atoms with Crippen LogP contribution in [-0.2, 0) is 16.0 Å². The van der Waals surface area contributed by atoms with E-state index in [-0.39, 0.29) is 17.7 Å². The largest absolute Gasteiger partial charge is 0.378 e. The third-order valence-corrected chi connectivity index (χ3v) is 4.71. The van der Waals surface area contributed by atoms with Crippen molar-refractivity contribution >= 4 is 23.4 Å². The van der Waals surface area contributed by atoms with Gasteiger partial charge in [0.25, 0.3) is 11.8 Å². The van der Waals surface area contributed by atoms with Crippen LogP contribution in [0.15, 0.2) is 48.5 Å². The van der Waals surface area contributed by atoms with Gasteiger partial charge in [0, 0.05) is 13.1 Å². The predicted molar refractivity (Wildman–Crippen MR) is 95.1 cm³/mol. The fraction of sp³-hybridized carbons (Fsp3) is 0.250. The van der Waals surface area contributed by atoms with Gasteiger partial charge in [-0.25, -0.2) is 4.90 Å². The molecule has 0 spiro atoms. The number of hydrogen-bond acceptors (Lipinski definition) is 4. The highest BCUT2D eigenvalue weighted by Crippen LogP contribution is 2.28. The summed E-state index contributed by atoms with van der Waals surface area (Å²) in [6.07, 6.45) is 0.294. The van der Waals surface area contributed by atoms with E-state index in [4.69, 9.17) is 4.74 Å². The number of nitrogens with zero attached hydrogens (tertiary/aromatic N) is 2. The monoisotopic (exact) mass is 350 g/mol. The van der Waals surface area contributed by atoms with E-state index >= 15 is 0 Å². The summed E-state index contributed by atoms with van der Waals surface area (Å²) in [7, 11) is 0. The fourth-order valence-electron chi connectivity index (χ4n) is 3.29. The number of hydrogen-bond donors (Lipinski definition) is 0. The number of carbonyl (C=O) groups excluding carboxylic acids is 3. The summed E-state index contributed by atoms with van der Waals surface area (Å²) in [5, 5.41) is 0. The van der Waals surface area contributed by atoms with Crippen LogP contribution >= 0.6 is 0 Å². The van der Waals surface area contributed by atoms with Crippen LogP contribution in [0.1, 0.15) is 26.3 Å². The van der Waals surface area contributed by atoms with E-state index in [0.717, 1.165) is 5.56 Å². The highest BCUT2D eigenvalue weighted by molar-refractivity contribution is 6.34. The predicted octanol–water partition coefficient (Wildman–Crippen LogP) is 1.89. The Balaban J connectivity index is 1.49. The zero-order valence-electron chi connectivity index (χ0n) is 14.2. The van der Waals surface area contributed by atoms with Crippen LogP contribution in [0.2, 0.25) is 0 Å². The Hall–Kier alpha value is -2.99. The maximum absolute atomic E-state index is 12.5. The minimum atomic E-state index is -0.317. The summed E-state index contributed by atoms with van der Waals surface area (Å²) >= 11 is 0. The first kappa shape index (κ1) is 16.5. The van der Waals surface area contributed by atoms with Crippen LogP contribution in [0.25, 0.3) is 0 Å². The molecule has 1 saturated heterocycles. The number of fused-ring (bicyclic) bond motifs is 1. The first-order valence-corrected chi connectivity index (χ1v) is 8.57. The van der Waals surface area contributed by atoms with Crippen LogP contribution in [0.5, 0.6) is 0 Å². The van der Waals surface area contributed by atoms with Gasteiger partial charge in [0.2, 0.25) is 5.91 Å². The standard InChI is InChI=1S/C20H18N2O4/c23-18(21-9-11-26-12-10-21)13-14-5-7-15(8-6-14)22-19(24)16-3-1-2-4-17(16)20(22)25/h1-8H,9-13H2. The summed E-state index contributed by atoms with van der Waals surface area (Å²) in [6, 6.07) is 13.8. The topological polar surface area (TPSA) is 66.9 Å². The second kappa shape index (κ2) is 6.72. The molecule has 3 amide bonds. The molecule has 6 nitrogen and oxygen atoms in total. The normalized spacial score (nSPS) is 16.8. The van der Waals surface area contributed by atoms with Crippen molar-refractivity contribution in [2.75, 3.05) is 31.2 Å². The van der Waals surface area contributed by atoms with Gasteiger partial charge in [0.15, 0.2) is 0 Å². The summed E-state index contributed by atoms with van der Waals surface area (Å²) in [5.74, 6) is -0.577. The van der Waals surface area contributed by atoms with Crippen molar-refractivity contribution in [3.63, 3.8) is 0 Å². The zero-order chi connectivity index (χ0) is 18.1. The third kappa shape index (κ3) is 2.88.